The molecule has 130 valence electrons. The third-order valence-electron chi connectivity index (χ3n) is 3.25. The third kappa shape index (κ3) is 4.54. The van der Waals surface area contributed by atoms with Crippen molar-refractivity contribution in [2.24, 2.45) is 0 Å². The van der Waals surface area contributed by atoms with Crippen LogP contribution in [0.1, 0.15) is 11.3 Å². The molecule has 1 N–H and O–H groups in total. The molecule has 0 saturated heterocycles. The van der Waals surface area contributed by atoms with Crippen molar-refractivity contribution in [3.8, 4) is 11.5 Å². The first-order chi connectivity index (χ1) is 12.1. The largest absolute Gasteiger partial charge is 0.467 e. The van der Waals surface area contributed by atoms with Gasteiger partial charge in [-0.1, -0.05) is 11.6 Å². The monoisotopic (exact) mass is 363 g/mol. The maximum atomic E-state index is 11.7. The van der Waals surface area contributed by atoms with E-state index in [0.717, 1.165) is 0 Å². The summed E-state index contributed by atoms with van der Waals surface area (Å²) in [6.07, 6.45) is 4.22. The molecule has 7 nitrogen and oxygen atoms in total. The van der Waals surface area contributed by atoms with Gasteiger partial charge in [0.1, 0.15) is 5.76 Å². The molecular weight excluding hydrogens is 350 g/mol. The Labute approximate surface area is 148 Å². The lowest BCUT2D eigenvalue weighted by molar-refractivity contribution is -0.143. The number of hydrogen-bond donors (Lipinski definition) is 1. The van der Waals surface area contributed by atoms with Crippen LogP contribution in [0.2, 0.25) is 5.02 Å². The molecule has 0 spiro atoms. The van der Waals surface area contributed by atoms with Gasteiger partial charge >= 0.3 is 5.97 Å². The van der Waals surface area contributed by atoms with Crippen LogP contribution < -0.4 is 14.8 Å². The molecule has 0 aliphatic carbocycles. The van der Waals surface area contributed by atoms with Crippen LogP contribution in [0.5, 0.6) is 11.5 Å². The number of rotatable bonds is 6. The van der Waals surface area contributed by atoms with Gasteiger partial charge in [-0.05, 0) is 35.9 Å². The molecule has 2 aromatic rings. The molecule has 0 radical (unpaired) electrons. The van der Waals surface area contributed by atoms with E-state index >= 15 is 0 Å². The summed E-state index contributed by atoms with van der Waals surface area (Å²) in [6.45, 7) is -0.0436. The Morgan fingerprint density at radius 3 is 3.00 bits per heavy atom. The predicted octanol–water partition coefficient (Wildman–Crippen LogP) is 2.53. The van der Waals surface area contributed by atoms with Gasteiger partial charge in [0.05, 0.1) is 17.8 Å². The number of ether oxygens (including phenoxy) is 3. The first-order valence-corrected chi connectivity index (χ1v) is 7.72. The van der Waals surface area contributed by atoms with Gasteiger partial charge < -0.3 is 23.9 Å². The molecule has 1 aliphatic rings. The van der Waals surface area contributed by atoms with Gasteiger partial charge in [-0.25, -0.2) is 4.79 Å². The minimum absolute atomic E-state index is 0.109. The van der Waals surface area contributed by atoms with Crippen molar-refractivity contribution in [1.29, 1.82) is 0 Å². The summed E-state index contributed by atoms with van der Waals surface area (Å²) in [5.74, 6) is 0.526. The highest BCUT2D eigenvalue weighted by Crippen LogP contribution is 2.40. The van der Waals surface area contributed by atoms with Gasteiger partial charge in [-0.2, -0.15) is 0 Å². The fraction of sp³-hybridized carbons (Fsp3) is 0.176. The minimum Gasteiger partial charge on any atom is -0.467 e. The number of nitrogens with one attached hydrogen (secondary N) is 1. The summed E-state index contributed by atoms with van der Waals surface area (Å²) >= 11 is 6.05. The topological polar surface area (TPSA) is 87.0 Å². The summed E-state index contributed by atoms with van der Waals surface area (Å²) in [5, 5.41) is 2.96. The van der Waals surface area contributed by atoms with Gasteiger partial charge in [-0.15, -0.1) is 0 Å². The Bertz CT molecular complexity index is 800. The van der Waals surface area contributed by atoms with Crippen molar-refractivity contribution >= 4 is 29.6 Å². The standard InChI is InChI=1S/C17H14ClNO6/c18-13-6-11(7-14-17(13)25-10-24-14)3-4-16(21)23-9-15(20)19-8-12-2-1-5-22-12/h1-7H,8-10H2,(H,19,20)/b4-3+. The number of halogens is 1. The highest BCUT2D eigenvalue weighted by atomic mass is 35.5. The molecule has 3 rings (SSSR count). The van der Waals surface area contributed by atoms with E-state index in [4.69, 9.17) is 30.2 Å². The molecule has 2 heterocycles. The number of carbonyl (C=O) groups excluding carboxylic acids is 2. The zero-order valence-corrected chi connectivity index (χ0v) is 13.7. The Morgan fingerprint density at radius 2 is 2.20 bits per heavy atom. The minimum atomic E-state index is -0.651. The van der Waals surface area contributed by atoms with Crippen molar-refractivity contribution in [3.63, 3.8) is 0 Å². The van der Waals surface area contributed by atoms with Crippen LogP contribution in [0.15, 0.2) is 41.0 Å². The van der Waals surface area contributed by atoms with E-state index in [-0.39, 0.29) is 19.9 Å². The van der Waals surface area contributed by atoms with E-state index in [1.165, 1.54) is 18.4 Å². The van der Waals surface area contributed by atoms with E-state index < -0.39 is 11.9 Å². The van der Waals surface area contributed by atoms with E-state index in [9.17, 15) is 9.59 Å². The van der Waals surface area contributed by atoms with E-state index in [2.05, 4.69) is 5.32 Å². The van der Waals surface area contributed by atoms with Crippen LogP contribution in [0, 0.1) is 0 Å². The summed E-state index contributed by atoms with van der Waals surface area (Å²) in [6, 6.07) is 6.77. The first-order valence-electron chi connectivity index (χ1n) is 7.35. The lowest BCUT2D eigenvalue weighted by atomic mass is 10.2. The van der Waals surface area contributed by atoms with Gasteiger partial charge in [0.25, 0.3) is 5.91 Å². The average molecular weight is 364 g/mol. The smallest absolute Gasteiger partial charge is 0.331 e. The molecule has 1 aliphatic heterocycles. The summed E-state index contributed by atoms with van der Waals surface area (Å²) < 4.78 is 20.4. The fourth-order valence-electron chi connectivity index (χ4n) is 2.08. The maximum Gasteiger partial charge on any atom is 0.331 e. The Balaban J connectivity index is 1.46. The van der Waals surface area contributed by atoms with Crippen molar-refractivity contribution < 1.29 is 28.2 Å². The highest BCUT2D eigenvalue weighted by molar-refractivity contribution is 6.32. The van der Waals surface area contributed by atoms with E-state index in [1.807, 2.05) is 0 Å². The van der Waals surface area contributed by atoms with Crippen LogP contribution in [0.25, 0.3) is 6.08 Å². The van der Waals surface area contributed by atoms with Gasteiger partial charge in [0.15, 0.2) is 18.1 Å². The van der Waals surface area contributed by atoms with Crippen molar-refractivity contribution in [3.05, 3.63) is 53.0 Å². The number of furan rings is 1. The molecule has 0 bridgehead atoms. The summed E-state index contributed by atoms with van der Waals surface area (Å²) in [5.41, 5.74) is 0.647. The van der Waals surface area contributed by atoms with Crippen LogP contribution in [-0.4, -0.2) is 25.3 Å². The maximum absolute atomic E-state index is 11.7. The van der Waals surface area contributed by atoms with Gasteiger partial charge in [0, 0.05) is 6.08 Å². The fourth-order valence-corrected chi connectivity index (χ4v) is 2.36. The molecule has 1 aromatic carbocycles. The normalized spacial score (nSPS) is 12.4. The zero-order chi connectivity index (χ0) is 17.6. The molecular formula is C17H14ClNO6. The van der Waals surface area contributed by atoms with Crippen LogP contribution >= 0.6 is 11.6 Å². The molecule has 8 heteroatoms. The average Bonchev–Trinajstić information content (AvgIpc) is 3.27. The lowest BCUT2D eigenvalue weighted by Gasteiger charge is -2.04. The molecule has 0 fully saturated rings. The Kier molecular flexibility index (Phi) is 5.25. The SMILES string of the molecule is O=C(COC(=O)/C=C/c1cc(Cl)c2c(c1)OCO2)NCc1ccco1. The molecule has 1 amide bonds. The Hall–Kier alpha value is -2.93. The lowest BCUT2D eigenvalue weighted by Crippen LogP contribution is -2.27. The number of amides is 1. The number of carbonyl (C=O) groups is 2. The highest BCUT2D eigenvalue weighted by Gasteiger charge is 2.17. The van der Waals surface area contributed by atoms with Gasteiger partial charge in [-0.3, -0.25) is 4.79 Å². The van der Waals surface area contributed by atoms with Crippen molar-refractivity contribution in [1.82, 2.24) is 5.32 Å². The molecule has 0 atom stereocenters. The van der Waals surface area contributed by atoms with E-state index in [0.29, 0.717) is 27.8 Å². The van der Waals surface area contributed by atoms with Crippen LogP contribution in [-0.2, 0) is 20.9 Å². The zero-order valence-electron chi connectivity index (χ0n) is 13.0. The molecule has 1 aromatic heterocycles. The number of esters is 1. The van der Waals surface area contributed by atoms with Crippen molar-refractivity contribution in [2.75, 3.05) is 13.4 Å². The predicted molar refractivity (Wildman–Crippen MR) is 88.1 cm³/mol. The van der Waals surface area contributed by atoms with Crippen LogP contribution in [0.4, 0.5) is 0 Å². The Morgan fingerprint density at radius 1 is 1.32 bits per heavy atom. The number of hydrogen-bond acceptors (Lipinski definition) is 6. The number of benzene rings is 1. The number of fused-ring (bicyclic) bond motifs is 1. The third-order valence-corrected chi connectivity index (χ3v) is 3.53. The van der Waals surface area contributed by atoms with Crippen LogP contribution in [0.3, 0.4) is 0 Å². The van der Waals surface area contributed by atoms with Gasteiger partial charge in [0.2, 0.25) is 6.79 Å². The second kappa shape index (κ2) is 7.76. The second-order valence-corrected chi connectivity index (χ2v) is 5.44. The summed E-state index contributed by atoms with van der Waals surface area (Å²) in [4.78, 5) is 23.3. The quantitative estimate of drug-likeness (QED) is 0.627. The molecule has 25 heavy (non-hydrogen) atoms. The summed E-state index contributed by atoms with van der Waals surface area (Å²) in [7, 11) is 0. The van der Waals surface area contributed by atoms with Crippen molar-refractivity contribution in [2.45, 2.75) is 6.54 Å². The first kappa shape index (κ1) is 16.9. The second-order valence-electron chi connectivity index (χ2n) is 5.03. The van der Waals surface area contributed by atoms with E-state index in [1.54, 1.807) is 24.3 Å². The molecule has 0 unspecified atom stereocenters. The molecule has 0 saturated carbocycles.